The van der Waals surface area contributed by atoms with Gasteiger partial charge in [0.15, 0.2) is 0 Å². The minimum Gasteiger partial charge on any atom is -0.488 e. The Kier molecular flexibility index (Phi) is 5.46. The molecule has 1 saturated heterocycles. The standard InChI is InChI=1S/C22H24N4O3/c1-15(2)23-22(27)26-13-12-17(14-26)28-19-11-7-6-10-18(19)21-24-20(25-29-21)16-8-4-3-5-9-16/h3-11,15,17H,12-14H2,1-2H3,(H,23,27). The zero-order valence-electron chi connectivity index (χ0n) is 16.5. The number of hydrogen-bond acceptors (Lipinski definition) is 5. The number of amides is 2. The van der Waals surface area contributed by atoms with Gasteiger partial charge in [-0.2, -0.15) is 4.98 Å². The molecular weight excluding hydrogens is 368 g/mol. The monoisotopic (exact) mass is 392 g/mol. The van der Waals surface area contributed by atoms with E-state index in [0.29, 0.717) is 30.6 Å². The summed E-state index contributed by atoms with van der Waals surface area (Å²) in [7, 11) is 0. The van der Waals surface area contributed by atoms with E-state index in [1.165, 1.54) is 0 Å². The van der Waals surface area contributed by atoms with Gasteiger partial charge in [-0.15, -0.1) is 0 Å². The van der Waals surface area contributed by atoms with E-state index >= 15 is 0 Å². The molecule has 2 heterocycles. The number of benzene rings is 2. The summed E-state index contributed by atoms with van der Waals surface area (Å²) >= 11 is 0. The highest BCUT2D eigenvalue weighted by Gasteiger charge is 2.28. The van der Waals surface area contributed by atoms with E-state index in [4.69, 9.17) is 9.26 Å². The number of likely N-dealkylation sites (tertiary alicyclic amines) is 1. The van der Waals surface area contributed by atoms with Crippen molar-refractivity contribution in [1.82, 2.24) is 20.4 Å². The normalized spacial score (nSPS) is 16.2. The van der Waals surface area contributed by atoms with Crippen LogP contribution in [0.5, 0.6) is 5.75 Å². The van der Waals surface area contributed by atoms with Crippen LogP contribution in [0, 0.1) is 0 Å². The summed E-state index contributed by atoms with van der Waals surface area (Å²) in [6.45, 7) is 5.12. The molecule has 1 aliphatic heterocycles. The lowest BCUT2D eigenvalue weighted by atomic mass is 10.2. The van der Waals surface area contributed by atoms with Gasteiger partial charge in [0.25, 0.3) is 5.89 Å². The molecule has 1 unspecified atom stereocenters. The number of ether oxygens (including phenoxy) is 1. The number of rotatable bonds is 5. The number of nitrogens with one attached hydrogen (secondary N) is 1. The molecule has 0 bridgehead atoms. The minimum atomic E-state index is -0.0782. The third kappa shape index (κ3) is 4.39. The maximum atomic E-state index is 12.2. The predicted octanol–water partition coefficient (Wildman–Crippen LogP) is 3.97. The van der Waals surface area contributed by atoms with Crippen molar-refractivity contribution in [3.05, 3.63) is 54.6 Å². The molecule has 0 saturated carbocycles. The zero-order valence-corrected chi connectivity index (χ0v) is 16.5. The molecule has 29 heavy (non-hydrogen) atoms. The minimum absolute atomic E-state index is 0.0520. The van der Waals surface area contributed by atoms with Gasteiger partial charge in [-0.25, -0.2) is 4.79 Å². The summed E-state index contributed by atoms with van der Waals surface area (Å²) in [6, 6.07) is 17.3. The highest BCUT2D eigenvalue weighted by molar-refractivity contribution is 5.74. The molecule has 0 radical (unpaired) electrons. The first kappa shape index (κ1) is 19.0. The SMILES string of the molecule is CC(C)NC(=O)N1CCC(Oc2ccccc2-c2nc(-c3ccccc3)no2)C1. The van der Waals surface area contributed by atoms with Crippen molar-refractivity contribution in [3.8, 4) is 28.6 Å². The molecule has 1 atom stereocenters. The summed E-state index contributed by atoms with van der Waals surface area (Å²) < 4.78 is 11.7. The van der Waals surface area contributed by atoms with E-state index in [0.717, 1.165) is 17.5 Å². The lowest BCUT2D eigenvalue weighted by Gasteiger charge is -2.19. The first-order valence-corrected chi connectivity index (χ1v) is 9.81. The van der Waals surface area contributed by atoms with Crippen LogP contribution in [0.1, 0.15) is 20.3 Å². The number of urea groups is 1. The van der Waals surface area contributed by atoms with Crippen LogP contribution in [0.25, 0.3) is 22.8 Å². The first-order valence-electron chi connectivity index (χ1n) is 9.81. The lowest BCUT2D eigenvalue weighted by molar-refractivity contribution is 0.185. The number of hydrogen-bond donors (Lipinski definition) is 1. The van der Waals surface area contributed by atoms with Crippen molar-refractivity contribution < 1.29 is 14.1 Å². The first-order chi connectivity index (χ1) is 14.1. The quantitative estimate of drug-likeness (QED) is 0.710. The molecule has 2 aromatic carbocycles. The Labute approximate surface area is 169 Å². The van der Waals surface area contributed by atoms with Crippen molar-refractivity contribution in [2.24, 2.45) is 0 Å². The zero-order chi connectivity index (χ0) is 20.2. The second-order valence-corrected chi connectivity index (χ2v) is 7.36. The Balaban J connectivity index is 1.49. The van der Waals surface area contributed by atoms with Gasteiger partial charge in [0, 0.05) is 24.6 Å². The van der Waals surface area contributed by atoms with Crippen LogP contribution in [-0.4, -0.2) is 46.3 Å². The fourth-order valence-electron chi connectivity index (χ4n) is 3.31. The largest absolute Gasteiger partial charge is 0.488 e. The average molecular weight is 392 g/mol. The second kappa shape index (κ2) is 8.34. The molecule has 0 spiro atoms. The van der Waals surface area contributed by atoms with Gasteiger partial charge >= 0.3 is 6.03 Å². The Morgan fingerprint density at radius 2 is 1.93 bits per heavy atom. The Morgan fingerprint density at radius 3 is 2.72 bits per heavy atom. The summed E-state index contributed by atoms with van der Waals surface area (Å²) in [5.41, 5.74) is 1.63. The molecule has 7 heteroatoms. The van der Waals surface area contributed by atoms with Crippen LogP contribution in [0.2, 0.25) is 0 Å². The number of carbonyl (C=O) groups is 1. The summed E-state index contributed by atoms with van der Waals surface area (Å²) in [5.74, 6) is 1.62. The van der Waals surface area contributed by atoms with Gasteiger partial charge < -0.3 is 19.5 Å². The van der Waals surface area contributed by atoms with Crippen LogP contribution in [0.4, 0.5) is 4.79 Å². The smallest absolute Gasteiger partial charge is 0.317 e. The molecule has 1 N–H and O–H groups in total. The van der Waals surface area contributed by atoms with Gasteiger partial charge in [0.05, 0.1) is 12.1 Å². The highest BCUT2D eigenvalue weighted by atomic mass is 16.5. The van der Waals surface area contributed by atoms with E-state index in [2.05, 4.69) is 15.5 Å². The molecule has 1 fully saturated rings. The molecule has 4 rings (SSSR count). The van der Waals surface area contributed by atoms with Crippen molar-refractivity contribution in [2.75, 3.05) is 13.1 Å². The second-order valence-electron chi connectivity index (χ2n) is 7.36. The topological polar surface area (TPSA) is 80.5 Å². The van der Waals surface area contributed by atoms with Crippen LogP contribution in [0.15, 0.2) is 59.1 Å². The fraction of sp³-hybridized carbons (Fsp3) is 0.318. The van der Waals surface area contributed by atoms with Crippen molar-refractivity contribution in [3.63, 3.8) is 0 Å². The van der Waals surface area contributed by atoms with E-state index in [1.807, 2.05) is 68.4 Å². The molecule has 3 aromatic rings. The molecule has 1 aromatic heterocycles. The summed E-state index contributed by atoms with van der Waals surface area (Å²) in [5, 5.41) is 7.02. The van der Waals surface area contributed by atoms with E-state index in [9.17, 15) is 4.79 Å². The van der Waals surface area contributed by atoms with Gasteiger partial charge in [-0.3, -0.25) is 0 Å². The molecular formula is C22H24N4O3. The van der Waals surface area contributed by atoms with Gasteiger partial charge in [-0.05, 0) is 26.0 Å². The average Bonchev–Trinajstić information content (AvgIpc) is 3.39. The molecule has 7 nitrogen and oxygen atoms in total. The number of nitrogens with zero attached hydrogens (tertiary/aromatic N) is 3. The van der Waals surface area contributed by atoms with Gasteiger partial charge in [-0.1, -0.05) is 47.6 Å². The maximum absolute atomic E-state index is 12.2. The van der Waals surface area contributed by atoms with Crippen molar-refractivity contribution >= 4 is 6.03 Å². The van der Waals surface area contributed by atoms with E-state index in [1.54, 1.807) is 4.90 Å². The van der Waals surface area contributed by atoms with Crippen LogP contribution >= 0.6 is 0 Å². The fourth-order valence-corrected chi connectivity index (χ4v) is 3.31. The summed E-state index contributed by atoms with van der Waals surface area (Å²) in [6.07, 6.45) is 0.699. The third-order valence-electron chi connectivity index (χ3n) is 4.71. The van der Waals surface area contributed by atoms with Crippen LogP contribution in [0.3, 0.4) is 0 Å². The predicted molar refractivity (Wildman–Crippen MR) is 109 cm³/mol. The molecule has 150 valence electrons. The Bertz CT molecular complexity index is 971. The van der Waals surface area contributed by atoms with Gasteiger partial charge in [0.2, 0.25) is 5.82 Å². The lowest BCUT2D eigenvalue weighted by Crippen LogP contribution is -2.42. The number of para-hydroxylation sites is 1. The van der Waals surface area contributed by atoms with Crippen molar-refractivity contribution in [2.45, 2.75) is 32.4 Å². The number of aromatic nitrogens is 2. The van der Waals surface area contributed by atoms with E-state index in [-0.39, 0.29) is 18.2 Å². The van der Waals surface area contributed by atoms with Gasteiger partial charge in [0.1, 0.15) is 11.9 Å². The third-order valence-corrected chi connectivity index (χ3v) is 4.71. The maximum Gasteiger partial charge on any atom is 0.317 e. The molecule has 1 aliphatic rings. The molecule has 2 amide bonds. The van der Waals surface area contributed by atoms with Crippen LogP contribution < -0.4 is 10.1 Å². The number of carbonyl (C=O) groups excluding carboxylic acids is 1. The Morgan fingerprint density at radius 1 is 1.17 bits per heavy atom. The summed E-state index contributed by atoms with van der Waals surface area (Å²) in [4.78, 5) is 18.5. The Hall–Kier alpha value is -3.35. The highest BCUT2D eigenvalue weighted by Crippen LogP contribution is 2.31. The molecule has 0 aliphatic carbocycles. The van der Waals surface area contributed by atoms with E-state index < -0.39 is 0 Å². The van der Waals surface area contributed by atoms with Crippen LogP contribution in [-0.2, 0) is 0 Å². The van der Waals surface area contributed by atoms with Crippen molar-refractivity contribution in [1.29, 1.82) is 0 Å².